The number of carbonyl (C=O) groups excluding carboxylic acids is 2. The highest BCUT2D eigenvalue weighted by Gasteiger charge is 2.24. The number of hydrogen-bond donors (Lipinski definition) is 1. The lowest BCUT2D eigenvalue weighted by Crippen LogP contribution is -2.40. The van der Waals surface area contributed by atoms with Crippen molar-refractivity contribution in [2.45, 2.75) is 58.5 Å². The van der Waals surface area contributed by atoms with E-state index in [2.05, 4.69) is 4.72 Å². The monoisotopic (exact) mass is 420 g/mol. The maximum absolute atomic E-state index is 12.5. The predicted octanol–water partition coefficient (Wildman–Crippen LogP) is 3.09. The van der Waals surface area contributed by atoms with Crippen molar-refractivity contribution in [2.24, 2.45) is 0 Å². The zero-order valence-electron chi connectivity index (χ0n) is 17.6. The highest BCUT2D eigenvalue weighted by Crippen LogP contribution is 2.20. The van der Waals surface area contributed by atoms with Crippen molar-refractivity contribution in [3.05, 3.63) is 52.8 Å². The van der Waals surface area contributed by atoms with Crippen molar-refractivity contribution in [1.82, 2.24) is 9.29 Å². The quantitative estimate of drug-likeness (QED) is 0.523. The summed E-state index contributed by atoms with van der Waals surface area (Å²) in [5.74, 6) is -1.14. The molecule has 0 amide bonds. The molecule has 0 aliphatic heterocycles. The number of aryl methyl sites for hydroxylation is 2. The number of benzene rings is 1. The maximum Gasteiger partial charge on any atom is 0.324 e. The summed E-state index contributed by atoms with van der Waals surface area (Å²) in [6, 6.07) is 7.11. The zero-order valence-corrected chi connectivity index (χ0v) is 18.5. The van der Waals surface area contributed by atoms with Crippen LogP contribution in [0.5, 0.6) is 0 Å². The summed E-state index contributed by atoms with van der Waals surface area (Å²) in [7, 11) is -3.87. The Hall–Kier alpha value is -2.45. The molecular formula is C21H28N2O5S. The van der Waals surface area contributed by atoms with Crippen LogP contribution in [0.2, 0.25) is 0 Å². The van der Waals surface area contributed by atoms with Crippen molar-refractivity contribution in [2.75, 3.05) is 6.61 Å². The summed E-state index contributed by atoms with van der Waals surface area (Å²) in [5.41, 5.74) is 3.18. The third kappa shape index (κ3) is 5.33. The Balaban J connectivity index is 2.01. The SMILES string of the molecule is Cc1ccc(S(=O)(=O)N[C@@H](C)C(=O)OCC(=O)c2cc(C)n(C(C)C)c2C)cc1. The van der Waals surface area contributed by atoms with Crippen molar-refractivity contribution in [1.29, 1.82) is 0 Å². The fourth-order valence-electron chi connectivity index (χ4n) is 3.26. The molecule has 8 heteroatoms. The van der Waals surface area contributed by atoms with Gasteiger partial charge >= 0.3 is 5.97 Å². The topological polar surface area (TPSA) is 94.5 Å². The molecular weight excluding hydrogens is 392 g/mol. The van der Waals surface area contributed by atoms with Crippen molar-refractivity contribution >= 4 is 21.8 Å². The molecule has 1 aromatic carbocycles. The first-order valence-corrected chi connectivity index (χ1v) is 10.9. The van der Waals surface area contributed by atoms with Gasteiger partial charge in [0.15, 0.2) is 6.61 Å². The first kappa shape index (κ1) is 22.8. The third-order valence-corrected chi connectivity index (χ3v) is 6.22. The first-order chi connectivity index (χ1) is 13.4. The molecule has 1 aromatic heterocycles. The third-order valence-electron chi connectivity index (χ3n) is 4.66. The number of aromatic nitrogens is 1. The summed E-state index contributed by atoms with van der Waals surface area (Å²) in [5, 5.41) is 0. The van der Waals surface area contributed by atoms with Crippen LogP contribution >= 0.6 is 0 Å². The fourth-order valence-corrected chi connectivity index (χ4v) is 4.45. The average Bonchev–Trinajstić information content (AvgIpc) is 2.93. The molecule has 0 fully saturated rings. The summed E-state index contributed by atoms with van der Waals surface area (Å²) in [6.07, 6.45) is 0. The Morgan fingerprint density at radius 3 is 2.17 bits per heavy atom. The number of ether oxygens (including phenoxy) is 1. The van der Waals surface area contributed by atoms with Crippen LogP contribution < -0.4 is 4.72 Å². The summed E-state index contributed by atoms with van der Waals surface area (Å²) >= 11 is 0. The zero-order chi connectivity index (χ0) is 21.9. The lowest BCUT2D eigenvalue weighted by atomic mass is 10.1. The molecule has 0 radical (unpaired) electrons. The van der Waals surface area contributed by atoms with Crippen molar-refractivity contribution < 1.29 is 22.7 Å². The molecule has 0 unspecified atom stereocenters. The lowest BCUT2D eigenvalue weighted by Gasteiger charge is -2.14. The molecule has 158 valence electrons. The molecule has 0 spiro atoms. The number of esters is 1. The Bertz CT molecular complexity index is 1000. The van der Waals surface area contributed by atoms with Gasteiger partial charge in [-0.1, -0.05) is 17.7 Å². The Morgan fingerprint density at radius 1 is 1.07 bits per heavy atom. The van der Waals surface area contributed by atoms with Crippen LogP contribution in [0.15, 0.2) is 35.2 Å². The number of Topliss-reactive ketones (excluding diaryl/α,β-unsaturated/α-hetero) is 1. The second-order valence-electron chi connectivity index (χ2n) is 7.44. The molecule has 0 bridgehead atoms. The number of hydrogen-bond acceptors (Lipinski definition) is 5. The summed E-state index contributed by atoms with van der Waals surface area (Å²) < 4.78 is 34.1. The molecule has 1 N–H and O–H groups in total. The van der Waals surface area contributed by atoms with Gasteiger partial charge in [-0.3, -0.25) is 9.59 Å². The molecule has 0 saturated heterocycles. The van der Waals surface area contributed by atoms with Gasteiger partial charge in [0, 0.05) is 23.0 Å². The molecule has 0 saturated carbocycles. The van der Waals surface area contributed by atoms with E-state index in [1.807, 2.05) is 39.2 Å². The minimum atomic E-state index is -3.87. The molecule has 1 atom stereocenters. The van der Waals surface area contributed by atoms with Gasteiger partial charge in [-0.2, -0.15) is 4.72 Å². The van der Waals surface area contributed by atoms with Gasteiger partial charge in [0.2, 0.25) is 15.8 Å². The number of ketones is 1. The second kappa shape index (κ2) is 8.92. The van der Waals surface area contributed by atoms with E-state index in [1.165, 1.54) is 19.1 Å². The predicted molar refractivity (Wildman–Crippen MR) is 111 cm³/mol. The molecule has 7 nitrogen and oxygen atoms in total. The second-order valence-corrected chi connectivity index (χ2v) is 9.15. The van der Waals surface area contributed by atoms with E-state index in [9.17, 15) is 18.0 Å². The van der Waals surface area contributed by atoms with Gasteiger partial charge in [0.05, 0.1) is 4.90 Å². The normalized spacial score (nSPS) is 12.8. The molecule has 0 aliphatic rings. The van der Waals surface area contributed by atoms with Crippen LogP contribution in [-0.4, -0.2) is 37.4 Å². The van der Waals surface area contributed by atoms with Crippen molar-refractivity contribution in [3.8, 4) is 0 Å². The Morgan fingerprint density at radius 2 is 1.66 bits per heavy atom. The van der Waals surface area contributed by atoms with Crippen LogP contribution in [0.1, 0.15) is 54.1 Å². The number of sulfonamides is 1. The van der Waals surface area contributed by atoms with Crippen LogP contribution in [0.3, 0.4) is 0 Å². The van der Waals surface area contributed by atoms with Gasteiger partial charge in [-0.15, -0.1) is 0 Å². The minimum absolute atomic E-state index is 0.0555. The smallest absolute Gasteiger partial charge is 0.324 e. The van der Waals surface area contributed by atoms with E-state index in [-0.39, 0.29) is 16.7 Å². The van der Waals surface area contributed by atoms with E-state index < -0.39 is 28.6 Å². The lowest BCUT2D eigenvalue weighted by molar-refractivity contribution is -0.144. The Labute approximate surface area is 172 Å². The first-order valence-electron chi connectivity index (χ1n) is 9.41. The molecule has 1 heterocycles. The van der Waals surface area contributed by atoms with E-state index in [0.717, 1.165) is 17.0 Å². The summed E-state index contributed by atoms with van der Waals surface area (Å²) in [4.78, 5) is 24.7. The van der Waals surface area contributed by atoms with Gasteiger partial charge in [-0.25, -0.2) is 8.42 Å². The highest BCUT2D eigenvalue weighted by atomic mass is 32.2. The van der Waals surface area contributed by atoms with E-state index in [0.29, 0.717) is 5.56 Å². The average molecular weight is 421 g/mol. The summed E-state index contributed by atoms with van der Waals surface area (Å²) in [6.45, 7) is 10.6. The van der Waals surface area contributed by atoms with Gasteiger partial charge in [0.25, 0.3) is 0 Å². The fraction of sp³-hybridized carbons (Fsp3) is 0.429. The standard InChI is InChI=1S/C21H28N2O5S/c1-13(2)23-15(4)11-19(17(23)6)20(24)12-28-21(25)16(5)22-29(26,27)18-9-7-14(3)8-10-18/h7-11,13,16,22H,12H2,1-6H3/t16-/m0/s1. The van der Waals surface area contributed by atoms with Crippen LogP contribution in [0, 0.1) is 20.8 Å². The molecule has 2 rings (SSSR count). The van der Waals surface area contributed by atoms with E-state index >= 15 is 0 Å². The number of carbonyl (C=O) groups is 2. The minimum Gasteiger partial charge on any atom is -0.456 e. The molecule has 2 aromatic rings. The molecule has 0 aliphatic carbocycles. The van der Waals surface area contributed by atoms with Gasteiger partial charge in [0.1, 0.15) is 6.04 Å². The van der Waals surface area contributed by atoms with Crippen molar-refractivity contribution in [3.63, 3.8) is 0 Å². The Kier molecular flexibility index (Phi) is 7.02. The maximum atomic E-state index is 12.5. The van der Waals surface area contributed by atoms with Gasteiger partial charge in [-0.05, 0) is 59.7 Å². The van der Waals surface area contributed by atoms with Crippen LogP contribution in [-0.2, 0) is 19.6 Å². The molecule has 29 heavy (non-hydrogen) atoms. The number of nitrogens with zero attached hydrogens (tertiary/aromatic N) is 1. The number of nitrogens with one attached hydrogen (secondary N) is 1. The van der Waals surface area contributed by atoms with Crippen LogP contribution in [0.25, 0.3) is 0 Å². The van der Waals surface area contributed by atoms with E-state index in [4.69, 9.17) is 4.74 Å². The van der Waals surface area contributed by atoms with Gasteiger partial charge < -0.3 is 9.30 Å². The van der Waals surface area contributed by atoms with E-state index in [1.54, 1.807) is 18.2 Å². The number of rotatable bonds is 8. The highest BCUT2D eigenvalue weighted by molar-refractivity contribution is 7.89. The largest absolute Gasteiger partial charge is 0.456 e. The van der Waals surface area contributed by atoms with Crippen LogP contribution in [0.4, 0.5) is 0 Å².